The zero-order valence-corrected chi connectivity index (χ0v) is 10.5. The second-order valence-corrected chi connectivity index (χ2v) is 4.46. The largest absolute Gasteiger partial charge is 0.397 e. The first-order chi connectivity index (χ1) is 7.50. The Kier molecular flexibility index (Phi) is 2.71. The van der Waals surface area contributed by atoms with Crippen molar-refractivity contribution in [2.75, 3.05) is 5.73 Å². The van der Waals surface area contributed by atoms with Crippen LogP contribution in [0.4, 0.5) is 10.1 Å². The first-order valence-electron chi connectivity index (χ1n) is 4.76. The van der Waals surface area contributed by atoms with Gasteiger partial charge in [0, 0.05) is 11.8 Å². The fourth-order valence-electron chi connectivity index (χ4n) is 1.50. The summed E-state index contributed by atoms with van der Waals surface area (Å²) in [5.74, 6) is -0.365. The predicted molar refractivity (Wildman–Crippen MR) is 65.1 cm³/mol. The van der Waals surface area contributed by atoms with Crippen molar-refractivity contribution in [3.8, 4) is 5.69 Å². The van der Waals surface area contributed by atoms with Gasteiger partial charge in [0.1, 0.15) is 5.82 Å². The van der Waals surface area contributed by atoms with Crippen molar-refractivity contribution in [1.82, 2.24) is 9.55 Å². The van der Waals surface area contributed by atoms with Crippen molar-refractivity contribution in [2.24, 2.45) is 0 Å². The van der Waals surface area contributed by atoms with Crippen molar-refractivity contribution < 1.29 is 4.39 Å². The van der Waals surface area contributed by atoms with Crippen LogP contribution in [0.3, 0.4) is 0 Å². The predicted octanol–water partition coefficient (Wildman–Crippen LogP) is 2.97. The number of rotatable bonds is 1. The molecule has 0 aliphatic heterocycles. The minimum absolute atomic E-state index is 0.365. The molecule has 0 radical (unpaired) electrons. The summed E-state index contributed by atoms with van der Waals surface area (Å²) in [4.78, 5) is 4.18. The highest BCUT2D eigenvalue weighted by molar-refractivity contribution is 9.10. The fourth-order valence-corrected chi connectivity index (χ4v) is 1.83. The van der Waals surface area contributed by atoms with Crippen LogP contribution in [-0.4, -0.2) is 9.55 Å². The number of aryl methyl sites for hydroxylation is 1. The Hall–Kier alpha value is -1.36. The molecule has 2 N–H and O–H groups in total. The zero-order chi connectivity index (χ0) is 11.9. The monoisotopic (exact) mass is 283 g/mol. The first kappa shape index (κ1) is 11.1. The Morgan fingerprint density at radius 2 is 2.06 bits per heavy atom. The number of aromatic nitrogens is 2. The van der Waals surface area contributed by atoms with Gasteiger partial charge >= 0.3 is 0 Å². The SMILES string of the molecule is Cc1ncn(-c2cc(Br)c(F)cc2N)c1C. The summed E-state index contributed by atoms with van der Waals surface area (Å²) in [6, 6.07) is 2.95. The van der Waals surface area contributed by atoms with E-state index in [1.54, 1.807) is 12.4 Å². The molecular formula is C11H11BrFN3. The van der Waals surface area contributed by atoms with E-state index in [0.29, 0.717) is 10.2 Å². The van der Waals surface area contributed by atoms with Crippen LogP contribution in [0.15, 0.2) is 22.9 Å². The Morgan fingerprint density at radius 1 is 1.38 bits per heavy atom. The average Bonchev–Trinajstić information content (AvgIpc) is 2.54. The van der Waals surface area contributed by atoms with Gasteiger partial charge in [-0.25, -0.2) is 9.37 Å². The Bertz CT molecular complexity index is 548. The van der Waals surface area contributed by atoms with Gasteiger partial charge in [-0.05, 0) is 35.8 Å². The lowest BCUT2D eigenvalue weighted by atomic mass is 10.2. The van der Waals surface area contributed by atoms with Crippen LogP contribution in [-0.2, 0) is 0 Å². The maximum atomic E-state index is 13.2. The van der Waals surface area contributed by atoms with Gasteiger partial charge in [0.2, 0.25) is 0 Å². The molecule has 0 amide bonds. The normalized spacial score (nSPS) is 10.8. The quantitative estimate of drug-likeness (QED) is 0.818. The highest BCUT2D eigenvalue weighted by Gasteiger charge is 2.10. The summed E-state index contributed by atoms with van der Waals surface area (Å²) in [5.41, 5.74) is 8.83. The third-order valence-electron chi connectivity index (χ3n) is 2.58. The van der Waals surface area contributed by atoms with Gasteiger partial charge < -0.3 is 10.3 Å². The molecule has 0 aliphatic rings. The number of imidazole rings is 1. The highest BCUT2D eigenvalue weighted by Crippen LogP contribution is 2.26. The van der Waals surface area contributed by atoms with E-state index in [9.17, 15) is 4.39 Å². The van der Waals surface area contributed by atoms with E-state index < -0.39 is 0 Å². The van der Waals surface area contributed by atoms with Gasteiger partial charge in [-0.3, -0.25) is 0 Å². The summed E-state index contributed by atoms with van der Waals surface area (Å²) < 4.78 is 15.5. The molecule has 1 aromatic carbocycles. The van der Waals surface area contributed by atoms with Crippen LogP contribution in [0.1, 0.15) is 11.4 Å². The van der Waals surface area contributed by atoms with E-state index in [4.69, 9.17) is 5.73 Å². The molecule has 1 aromatic heterocycles. The minimum Gasteiger partial charge on any atom is -0.397 e. The van der Waals surface area contributed by atoms with Crippen LogP contribution in [0.25, 0.3) is 5.69 Å². The maximum Gasteiger partial charge on any atom is 0.139 e. The standard InChI is InChI=1S/C11H11BrFN3/c1-6-7(2)16(5-15-6)11-3-8(12)9(13)4-10(11)14/h3-5H,14H2,1-2H3. The van der Waals surface area contributed by atoms with Crippen LogP contribution < -0.4 is 5.73 Å². The smallest absolute Gasteiger partial charge is 0.139 e. The topological polar surface area (TPSA) is 43.8 Å². The van der Waals surface area contributed by atoms with Crippen LogP contribution in [0.2, 0.25) is 0 Å². The molecule has 0 aliphatic carbocycles. The number of nitrogens with two attached hydrogens (primary N) is 1. The van der Waals surface area contributed by atoms with Crippen LogP contribution in [0, 0.1) is 19.7 Å². The van der Waals surface area contributed by atoms with Crippen LogP contribution in [0.5, 0.6) is 0 Å². The molecule has 16 heavy (non-hydrogen) atoms. The number of benzene rings is 1. The van der Waals surface area contributed by atoms with Gasteiger partial charge in [-0.15, -0.1) is 0 Å². The van der Waals surface area contributed by atoms with Crippen molar-refractivity contribution in [1.29, 1.82) is 0 Å². The third kappa shape index (κ3) is 1.71. The lowest BCUT2D eigenvalue weighted by Crippen LogP contribution is -2.01. The van der Waals surface area contributed by atoms with Crippen molar-refractivity contribution in [3.63, 3.8) is 0 Å². The van der Waals surface area contributed by atoms with Gasteiger partial charge in [-0.1, -0.05) is 0 Å². The molecule has 0 fully saturated rings. The van der Waals surface area contributed by atoms with Gasteiger partial charge in [0.15, 0.2) is 0 Å². The number of anilines is 1. The summed E-state index contributed by atoms with van der Waals surface area (Å²) in [7, 11) is 0. The van der Waals surface area contributed by atoms with E-state index in [2.05, 4.69) is 20.9 Å². The molecule has 1 heterocycles. The van der Waals surface area contributed by atoms with E-state index >= 15 is 0 Å². The van der Waals surface area contributed by atoms with Crippen molar-refractivity contribution in [2.45, 2.75) is 13.8 Å². The number of nitrogen functional groups attached to an aromatic ring is 1. The van der Waals surface area contributed by atoms with Crippen LogP contribution >= 0.6 is 15.9 Å². The minimum atomic E-state index is -0.365. The molecule has 0 spiro atoms. The highest BCUT2D eigenvalue weighted by atomic mass is 79.9. The third-order valence-corrected chi connectivity index (χ3v) is 3.19. The number of halogens is 2. The molecular weight excluding hydrogens is 273 g/mol. The Balaban J connectivity index is 2.65. The zero-order valence-electron chi connectivity index (χ0n) is 8.96. The first-order valence-corrected chi connectivity index (χ1v) is 5.55. The molecule has 0 saturated carbocycles. The molecule has 0 bridgehead atoms. The lowest BCUT2D eigenvalue weighted by Gasteiger charge is -2.10. The number of hydrogen-bond donors (Lipinski definition) is 1. The Morgan fingerprint density at radius 3 is 2.62 bits per heavy atom. The molecule has 3 nitrogen and oxygen atoms in total. The summed E-state index contributed by atoms with van der Waals surface area (Å²) in [5, 5.41) is 0. The number of nitrogens with zero attached hydrogens (tertiary/aromatic N) is 2. The van der Waals surface area contributed by atoms with E-state index in [0.717, 1.165) is 17.1 Å². The molecule has 2 aromatic rings. The van der Waals surface area contributed by atoms with Gasteiger partial charge in [0.25, 0.3) is 0 Å². The molecule has 0 atom stereocenters. The molecule has 84 valence electrons. The maximum absolute atomic E-state index is 13.2. The molecule has 0 unspecified atom stereocenters. The average molecular weight is 284 g/mol. The van der Waals surface area contributed by atoms with E-state index in [1.165, 1.54) is 6.07 Å². The van der Waals surface area contributed by atoms with Crippen molar-refractivity contribution in [3.05, 3.63) is 40.1 Å². The van der Waals surface area contributed by atoms with Gasteiger partial charge in [0.05, 0.1) is 27.9 Å². The lowest BCUT2D eigenvalue weighted by molar-refractivity contribution is 0.621. The van der Waals surface area contributed by atoms with Crippen molar-refractivity contribution >= 4 is 21.6 Å². The molecule has 5 heteroatoms. The fraction of sp³-hybridized carbons (Fsp3) is 0.182. The Labute approximate surface area is 101 Å². The molecule has 0 saturated heterocycles. The number of hydrogen-bond acceptors (Lipinski definition) is 2. The molecule has 2 rings (SSSR count). The summed E-state index contributed by atoms with van der Waals surface area (Å²) in [6.45, 7) is 3.86. The second kappa shape index (κ2) is 3.90. The van der Waals surface area contributed by atoms with E-state index in [1.807, 2.05) is 18.4 Å². The summed E-state index contributed by atoms with van der Waals surface area (Å²) in [6.07, 6.45) is 1.68. The second-order valence-electron chi connectivity index (χ2n) is 3.61. The van der Waals surface area contributed by atoms with Gasteiger partial charge in [-0.2, -0.15) is 0 Å². The van der Waals surface area contributed by atoms with E-state index in [-0.39, 0.29) is 5.82 Å². The summed E-state index contributed by atoms with van der Waals surface area (Å²) >= 11 is 3.14.